The predicted octanol–water partition coefficient (Wildman–Crippen LogP) is 2.45. The Bertz CT molecular complexity index is 565. The van der Waals surface area contributed by atoms with Gasteiger partial charge >= 0.3 is 5.69 Å². The Kier molecular flexibility index (Phi) is 3.80. The van der Waals surface area contributed by atoms with Gasteiger partial charge in [0.2, 0.25) is 0 Å². The molecule has 0 saturated carbocycles. The molecule has 0 saturated heterocycles. The van der Waals surface area contributed by atoms with Crippen LogP contribution in [0.5, 0.6) is 5.75 Å². The molecule has 18 heavy (non-hydrogen) atoms. The van der Waals surface area contributed by atoms with E-state index < -0.39 is 4.92 Å². The predicted molar refractivity (Wildman–Crippen MR) is 73.7 cm³/mol. The number of rotatable bonds is 4. The number of hydrogen-bond donors (Lipinski definition) is 0. The molecule has 7 heteroatoms. The molecule has 0 aliphatic carbocycles. The standard InChI is InChI=1S/C11H10IN3O3/c1-18-9-4-2-8(3-5-9)7-14-11(12)10(6-13-14)15(16)17/h2-6H,7H2,1H3. The average Bonchev–Trinajstić information content (AvgIpc) is 2.72. The SMILES string of the molecule is COc1ccc(Cn2ncc([N+](=O)[O-])c2I)cc1. The summed E-state index contributed by atoms with van der Waals surface area (Å²) in [5, 5.41) is 14.7. The lowest BCUT2D eigenvalue weighted by Crippen LogP contribution is -2.04. The van der Waals surface area contributed by atoms with Gasteiger partial charge in [0.1, 0.15) is 11.9 Å². The minimum atomic E-state index is -0.431. The van der Waals surface area contributed by atoms with Gasteiger partial charge in [-0.2, -0.15) is 5.10 Å². The number of aromatic nitrogens is 2. The van der Waals surface area contributed by atoms with Crippen molar-refractivity contribution >= 4 is 28.3 Å². The van der Waals surface area contributed by atoms with Gasteiger partial charge in [-0.15, -0.1) is 0 Å². The molecule has 1 aromatic carbocycles. The van der Waals surface area contributed by atoms with Crippen LogP contribution in [0.4, 0.5) is 5.69 Å². The van der Waals surface area contributed by atoms with Crippen molar-refractivity contribution in [3.05, 3.63) is 49.8 Å². The lowest BCUT2D eigenvalue weighted by atomic mass is 10.2. The van der Waals surface area contributed by atoms with Crippen LogP contribution in [0.25, 0.3) is 0 Å². The number of halogens is 1. The summed E-state index contributed by atoms with van der Waals surface area (Å²) in [7, 11) is 1.61. The third-order valence-corrected chi connectivity index (χ3v) is 3.55. The van der Waals surface area contributed by atoms with Gasteiger partial charge in [-0.25, -0.2) is 4.68 Å². The van der Waals surface area contributed by atoms with Crippen LogP contribution in [0.1, 0.15) is 5.56 Å². The van der Waals surface area contributed by atoms with Gasteiger partial charge in [-0.3, -0.25) is 10.1 Å². The summed E-state index contributed by atoms with van der Waals surface area (Å²) in [6.07, 6.45) is 1.27. The van der Waals surface area contributed by atoms with E-state index in [9.17, 15) is 10.1 Å². The van der Waals surface area contributed by atoms with E-state index in [0.717, 1.165) is 11.3 Å². The maximum Gasteiger partial charge on any atom is 0.320 e. The van der Waals surface area contributed by atoms with E-state index in [1.165, 1.54) is 6.20 Å². The second-order valence-electron chi connectivity index (χ2n) is 3.58. The van der Waals surface area contributed by atoms with Gasteiger partial charge in [-0.1, -0.05) is 12.1 Å². The van der Waals surface area contributed by atoms with Gasteiger partial charge in [0.05, 0.1) is 18.6 Å². The normalized spacial score (nSPS) is 10.3. The van der Waals surface area contributed by atoms with Crippen molar-refractivity contribution in [2.45, 2.75) is 6.54 Å². The van der Waals surface area contributed by atoms with E-state index in [4.69, 9.17) is 4.74 Å². The van der Waals surface area contributed by atoms with Crippen LogP contribution in [0.2, 0.25) is 0 Å². The van der Waals surface area contributed by atoms with Crippen molar-refractivity contribution in [2.75, 3.05) is 7.11 Å². The van der Waals surface area contributed by atoms with E-state index in [-0.39, 0.29) is 5.69 Å². The zero-order valence-electron chi connectivity index (χ0n) is 9.54. The molecule has 1 aromatic heterocycles. The molecule has 0 radical (unpaired) electrons. The molecule has 0 atom stereocenters. The molecule has 2 aromatic rings. The van der Waals surface area contributed by atoms with Gasteiger partial charge in [0.25, 0.3) is 0 Å². The molecule has 6 nitrogen and oxygen atoms in total. The van der Waals surface area contributed by atoms with Crippen LogP contribution in [-0.2, 0) is 6.54 Å². The highest BCUT2D eigenvalue weighted by atomic mass is 127. The fourth-order valence-electron chi connectivity index (χ4n) is 1.50. The van der Waals surface area contributed by atoms with Crippen LogP contribution >= 0.6 is 22.6 Å². The van der Waals surface area contributed by atoms with Crippen molar-refractivity contribution < 1.29 is 9.66 Å². The van der Waals surface area contributed by atoms with Crippen molar-refractivity contribution in [1.29, 1.82) is 0 Å². The largest absolute Gasteiger partial charge is 0.497 e. The van der Waals surface area contributed by atoms with Crippen molar-refractivity contribution in [3.63, 3.8) is 0 Å². The number of ether oxygens (including phenoxy) is 1. The van der Waals surface area contributed by atoms with Crippen LogP contribution < -0.4 is 4.74 Å². The Morgan fingerprint density at radius 1 is 1.44 bits per heavy atom. The van der Waals surface area contributed by atoms with Crippen LogP contribution in [0, 0.1) is 13.8 Å². The Morgan fingerprint density at radius 3 is 2.61 bits per heavy atom. The molecule has 94 valence electrons. The summed E-state index contributed by atoms with van der Waals surface area (Å²) in [4.78, 5) is 10.3. The highest BCUT2D eigenvalue weighted by Gasteiger charge is 2.17. The molecule has 0 fully saturated rings. The Hall–Kier alpha value is -1.64. The Balaban J connectivity index is 2.20. The van der Waals surface area contributed by atoms with Gasteiger partial charge in [0.15, 0.2) is 3.70 Å². The maximum absolute atomic E-state index is 10.7. The van der Waals surface area contributed by atoms with E-state index in [1.54, 1.807) is 11.8 Å². The van der Waals surface area contributed by atoms with Gasteiger partial charge in [0, 0.05) is 0 Å². The molecular formula is C11H10IN3O3. The Labute approximate surface area is 117 Å². The molecular weight excluding hydrogens is 349 g/mol. The first-order chi connectivity index (χ1) is 8.61. The van der Waals surface area contributed by atoms with Crippen LogP contribution in [0.3, 0.4) is 0 Å². The average molecular weight is 359 g/mol. The third-order valence-electron chi connectivity index (χ3n) is 2.45. The number of nitro groups is 1. The molecule has 0 unspecified atom stereocenters. The van der Waals surface area contributed by atoms with Crippen molar-refractivity contribution in [2.24, 2.45) is 0 Å². The summed E-state index contributed by atoms with van der Waals surface area (Å²) < 4.78 is 7.18. The quantitative estimate of drug-likeness (QED) is 0.478. The topological polar surface area (TPSA) is 70.2 Å². The molecule has 0 bridgehead atoms. The summed E-state index contributed by atoms with van der Waals surface area (Å²) >= 11 is 1.93. The zero-order valence-corrected chi connectivity index (χ0v) is 11.7. The first kappa shape index (κ1) is 12.8. The maximum atomic E-state index is 10.7. The lowest BCUT2D eigenvalue weighted by Gasteiger charge is -2.04. The number of methoxy groups -OCH3 is 1. The number of benzene rings is 1. The molecule has 0 aliphatic heterocycles. The smallest absolute Gasteiger partial charge is 0.320 e. The van der Waals surface area contributed by atoms with Crippen LogP contribution in [-0.4, -0.2) is 21.8 Å². The summed E-state index contributed by atoms with van der Waals surface area (Å²) in [5.74, 6) is 0.778. The second-order valence-corrected chi connectivity index (χ2v) is 4.61. The fourth-order valence-corrected chi connectivity index (χ4v) is 2.13. The molecule has 0 aliphatic rings. The highest BCUT2D eigenvalue weighted by molar-refractivity contribution is 14.1. The van der Waals surface area contributed by atoms with E-state index in [2.05, 4.69) is 5.10 Å². The van der Waals surface area contributed by atoms with E-state index >= 15 is 0 Å². The first-order valence-corrected chi connectivity index (χ1v) is 6.18. The molecule has 1 heterocycles. The Morgan fingerprint density at radius 2 is 2.11 bits per heavy atom. The summed E-state index contributed by atoms with van der Waals surface area (Å²) in [6, 6.07) is 7.51. The van der Waals surface area contributed by atoms with E-state index in [0.29, 0.717) is 10.2 Å². The monoisotopic (exact) mass is 359 g/mol. The molecule has 0 amide bonds. The van der Waals surface area contributed by atoms with E-state index in [1.807, 2.05) is 46.9 Å². The number of hydrogen-bond acceptors (Lipinski definition) is 4. The number of nitrogens with zero attached hydrogens (tertiary/aromatic N) is 3. The third kappa shape index (κ3) is 2.61. The van der Waals surface area contributed by atoms with Crippen LogP contribution in [0.15, 0.2) is 30.5 Å². The zero-order chi connectivity index (χ0) is 13.1. The lowest BCUT2D eigenvalue weighted by molar-refractivity contribution is -0.385. The molecule has 0 spiro atoms. The molecule has 0 N–H and O–H groups in total. The van der Waals surface area contributed by atoms with Gasteiger partial charge in [-0.05, 0) is 40.3 Å². The van der Waals surface area contributed by atoms with Crippen molar-refractivity contribution in [3.8, 4) is 5.75 Å². The first-order valence-electron chi connectivity index (χ1n) is 5.10. The second kappa shape index (κ2) is 5.34. The minimum Gasteiger partial charge on any atom is -0.497 e. The summed E-state index contributed by atoms with van der Waals surface area (Å²) in [6.45, 7) is 0.496. The van der Waals surface area contributed by atoms with Gasteiger partial charge < -0.3 is 4.74 Å². The fraction of sp³-hybridized carbons (Fsp3) is 0.182. The highest BCUT2D eigenvalue weighted by Crippen LogP contribution is 2.21. The van der Waals surface area contributed by atoms with Crippen molar-refractivity contribution in [1.82, 2.24) is 9.78 Å². The summed E-state index contributed by atoms with van der Waals surface area (Å²) in [5.41, 5.74) is 1.04. The molecule has 2 rings (SSSR count). The minimum absolute atomic E-state index is 0.0316.